The number of nitrogens with zero attached hydrogens (tertiary/aromatic N) is 2. The molecule has 0 aromatic heterocycles. The van der Waals surface area contributed by atoms with E-state index in [1.54, 1.807) is 48.5 Å². The van der Waals surface area contributed by atoms with Gasteiger partial charge in [0.05, 0.1) is 28.6 Å². The average molecular weight is 474 g/mol. The molecule has 0 radical (unpaired) electrons. The van der Waals surface area contributed by atoms with Crippen LogP contribution in [0.4, 0.5) is 10.1 Å². The fraction of sp³-hybridized carbons (Fsp3) is 0.136. The molecule has 32 heavy (non-hydrogen) atoms. The third kappa shape index (κ3) is 4.51. The van der Waals surface area contributed by atoms with Gasteiger partial charge in [-0.1, -0.05) is 54.6 Å². The molecule has 0 aliphatic carbocycles. The Morgan fingerprint density at radius 3 is 2.31 bits per heavy atom. The summed E-state index contributed by atoms with van der Waals surface area (Å²) in [5, 5.41) is 4.39. The average Bonchev–Trinajstić information content (AvgIpc) is 3.20. The second-order valence-electron chi connectivity index (χ2n) is 7.33. The van der Waals surface area contributed by atoms with Gasteiger partial charge in [-0.15, -0.1) is 0 Å². The summed E-state index contributed by atoms with van der Waals surface area (Å²) in [6.45, 7) is 0. The molecular formula is C22H20FN3O4S2. The van der Waals surface area contributed by atoms with Crippen molar-refractivity contribution in [1.82, 2.24) is 4.41 Å². The van der Waals surface area contributed by atoms with Gasteiger partial charge in [0, 0.05) is 12.0 Å². The Labute approximate surface area is 186 Å². The summed E-state index contributed by atoms with van der Waals surface area (Å²) < 4.78 is 67.6. The van der Waals surface area contributed by atoms with Crippen molar-refractivity contribution in [2.75, 3.05) is 11.0 Å². The third-order valence-corrected chi connectivity index (χ3v) is 7.20. The van der Waals surface area contributed by atoms with Crippen molar-refractivity contribution in [3.8, 4) is 0 Å². The van der Waals surface area contributed by atoms with E-state index >= 15 is 0 Å². The Balaban J connectivity index is 1.83. The first-order valence-corrected chi connectivity index (χ1v) is 13.0. The molecule has 1 atom stereocenters. The van der Waals surface area contributed by atoms with Crippen molar-refractivity contribution in [1.29, 1.82) is 0 Å². The number of para-hydroxylation sites is 1. The number of hydrogen-bond donors (Lipinski definition) is 1. The zero-order chi connectivity index (χ0) is 22.9. The highest BCUT2D eigenvalue weighted by Crippen LogP contribution is 2.38. The highest BCUT2D eigenvalue weighted by atomic mass is 32.2. The fourth-order valence-corrected chi connectivity index (χ4v) is 5.60. The lowest BCUT2D eigenvalue weighted by Crippen LogP contribution is -2.27. The van der Waals surface area contributed by atoms with Gasteiger partial charge in [0.1, 0.15) is 5.82 Å². The van der Waals surface area contributed by atoms with Crippen LogP contribution < -0.4 is 4.72 Å². The normalized spacial score (nSPS) is 16.6. The Morgan fingerprint density at radius 2 is 1.62 bits per heavy atom. The smallest absolute Gasteiger partial charge is 0.279 e. The van der Waals surface area contributed by atoms with E-state index in [9.17, 15) is 21.2 Å². The van der Waals surface area contributed by atoms with E-state index < -0.39 is 31.9 Å². The molecule has 0 fully saturated rings. The Hall–Kier alpha value is -3.24. The number of sulfonamides is 2. The van der Waals surface area contributed by atoms with Crippen molar-refractivity contribution in [3.63, 3.8) is 0 Å². The summed E-state index contributed by atoms with van der Waals surface area (Å²) in [4.78, 5) is -0.217. The van der Waals surface area contributed by atoms with Gasteiger partial charge in [0.15, 0.2) is 0 Å². The lowest BCUT2D eigenvalue weighted by atomic mass is 9.98. The van der Waals surface area contributed by atoms with Gasteiger partial charge >= 0.3 is 0 Å². The SMILES string of the molecule is CS(=O)(=O)Nc1ccccc1C1=NN(S(=O)(=O)c2cccc(F)c2)[C@H](c2ccccc2)C1. The number of hydrogen-bond acceptors (Lipinski definition) is 5. The predicted octanol–water partition coefficient (Wildman–Crippen LogP) is 3.74. The predicted molar refractivity (Wildman–Crippen MR) is 121 cm³/mol. The van der Waals surface area contributed by atoms with Gasteiger partial charge < -0.3 is 0 Å². The van der Waals surface area contributed by atoms with E-state index in [0.29, 0.717) is 22.5 Å². The number of halogens is 1. The Kier molecular flexibility index (Phi) is 5.74. The first-order chi connectivity index (χ1) is 15.1. The highest BCUT2D eigenvalue weighted by molar-refractivity contribution is 7.92. The molecule has 3 aromatic rings. The van der Waals surface area contributed by atoms with Gasteiger partial charge in [-0.05, 0) is 29.8 Å². The van der Waals surface area contributed by atoms with Gasteiger partial charge in [0.25, 0.3) is 10.0 Å². The first-order valence-electron chi connectivity index (χ1n) is 9.65. The molecular weight excluding hydrogens is 453 g/mol. The summed E-state index contributed by atoms with van der Waals surface area (Å²) in [5.41, 5.74) is 1.87. The number of hydrazone groups is 1. The van der Waals surface area contributed by atoms with E-state index in [1.807, 2.05) is 6.07 Å². The zero-order valence-electron chi connectivity index (χ0n) is 17.0. The number of anilines is 1. The zero-order valence-corrected chi connectivity index (χ0v) is 18.6. The quantitative estimate of drug-likeness (QED) is 0.590. The van der Waals surface area contributed by atoms with E-state index in [4.69, 9.17) is 0 Å². The van der Waals surface area contributed by atoms with Gasteiger partial charge in [-0.3, -0.25) is 4.72 Å². The summed E-state index contributed by atoms with van der Waals surface area (Å²) in [5.74, 6) is -0.673. The van der Waals surface area contributed by atoms with Crippen LogP contribution in [0.2, 0.25) is 0 Å². The van der Waals surface area contributed by atoms with Crippen LogP contribution >= 0.6 is 0 Å². The van der Waals surface area contributed by atoms with Crippen LogP contribution in [0.3, 0.4) is 0 Å². The number of nitrogens with one attached hydrogen (secondary N) is 1. The number of benzene rings is 3. The molecule has 1 heterocycles. The maximum Gasteiger partial charge on any atom is 0.279 e. The van der Waals surface area contributed by atoms with Crippen LogP contribution in [0.5, 0.6) is 0 Å². The highest BCUT2D eigenvalue weighted by Gasteiger charge is 2.38. The fourth-order valence-electron chi connectivity index (χ4n) is 3.56. The molecule has 10 heteroatoms. The molecule has 3 aromatic carbocycles. The third-order valence-electron chi connectivity index (χ3n) is 4.93. The van der Waals surface area contributed by atoms with Crippen molar-refractivity contribution < 1.29 is 21.2 Å². The standard InChI is InChI=1S/C22H20FN3O4S2/c1-31(27,28)25-20-13-6-5-12-19(20)21-15-22(16-8-3-2-4-9-16)26(24-21)32(29,30)18-11-7-10-17(23)14-18/h2-14,22,25H,15H2,1H3/t22-/m0/s1. The molecule has 1 aliphatic rings. The minimum Gasteiger partial charge on any atom is -0.283 e. The summed E-state index contributed by atoms with van der Waals surface area (Å²) in [7, 11) is -7.74. The minimum absolute atomic E-state index is 0.209. The lowest BCUT2D eigenvalue weighted by Gasteiger charge is -2.23. The van der Waals surface area contributed by atoms with E-state index in [-0.39, 0.29) is 11.3 Å². The van der Waals surface area contributed by atoms with E-state index in [0.717, 1.165) is 16.7 Å². The van der Waals surface area contributed by atoms with Crippen molar-refractivity contribution in [2.45, 2.75) is 17.4 Å². The van der Waals surface area contributed by atoms with Crippen LogP contribution in [-0.2, 0) is 20.0 Å². The maximum absolute atomic E-state index is 13.8. The second kappa shape index (κ2) is 8.36. The largest absolute Gasteiger partial charge is 0.283 e. The summed E-state index contributed by atoms with van der Waals surface area (Å²) >= 11 is 0. The molecule has 0 saturated carbocycles. The molecule has 7 nitrogen and oxygen atoms in total. The molecule has 1 aliphatic heterocycles. The van der Waals surface area contributed by atoms with Gasteiger partial charge in [0.2, 0.25) is 10.0 Å². The molecule has 0 bridgehead atoms. The minimum atomic E-state index is -4.18. The molecule has 0 saturated heterocycles. The van der Waals surface area contributed by atoms with E-state index in [1.165, 1.54) is 18.2 Å². The van der Waals surface area contributed by atoms with Crippen LogP contribution in [0, 0.1) is 5.82 Å². The summed E-state index contributed by atoms with van der Waals surface area (Å²) in [6, 6.07) is 19.7. The second-order valence-corrected chi connectivity index (χ2v) is 10.9. The van der Waals surface area contributed by atoms with E-state index in [2.05, 4.69) is 9.82 Å². The topological polar surface area (TPSA) is 95.9 Å². The van der Waals surface area contributed by atoms with Crippen LogP contribution in [0.25, 0.3) is 0 Å². The summed E-state index contributed by atoms with van der Waals surface area (Å²) in [6.07, 6.45) is 1.24. The van der Waals surface area contributed by atoms with Crippen LogP contribution in [0.15, 0.2) is 88.9 Å². The van der Waals surface area contributed by atoms with Crippen LogP contribution in [0.1, 0.15) is 23.6 Å². The maximum atomic E-state index is 13.8. The van der Waals surface area contributed by atoms with Crippen molar-refractivity contribution in [2.24, 2.45) is 5.10 Å². The first kappa shape index (κ1) is 22.0. The molecule has 1 N–H and O–H groups in total. The molecule has 0 spiro atoms. The molecule has 166 valence electrons. The van der Waals surface area contributed by atoms with Crippen molar-refractivity contribution >= 4 is 31.4 Å². The number of rotatable bonds is 6. The van der Waals surface area contributed by atoms with Gasteiger partial charge in [-0.2, -0.15) is 17.9 Å². The van der Waals surface area contributed by atoms with Crippen molar-refractivity contribution in [3.05, 3.63) is 95.8 Å². The molecule has 0 unspecified atom stereocenters. The van der Waals surface area contributed by atoms with Gasteiger partial charge in [-0.25, -0.2) is 12.8 Å². The van der Waals surface area contributed by atoms with Crippen LogP contribution in [-0.4, -0.2) is 33.2 Å². The Bertz CT molecular complexity index is 1390. The monoisotopic (exact) mass is 473 g/mol. The molecule has 0 amide bonds. The molecule has 4 rings (SSSR count). The Morgan fingerprint density at radius 1 is 0.938 bits per heavy atom. The lowest BCUT2D eigenvalue weighted by molar-refractivity contribution is 0.371.